The summed E-state index contributed by atoms with van der Waals surface area (Å²) in [5.41, 5.74) is 7.78. The smallest absolute Gasteiger partial charge is 0.261 e. The predicted molar refractivity (Wildman–Crippen MR) is 177 cm³/mol. The molecule has 2 N–H and O–H groups in total. The Morgan fingerprint density at radius 1 is 0.902 bits per heavy atom. The van der Waals surface area contributed by atoms with Gasteiger partial charge in [-0.1, -0.05) is 101 Å². The van der Waals surface area contributed by atoms with E-state index in [1.54, 1.807) is 7.11 Å². The fraction of sp³-hybridized carbons (Fsp3) is 0.389. The summed E-state index contributed by atoms with van der Waals surface area (Å²) >= 11 is 0. The molecule has 0 aromatic heterocycles. The Morgan fingerprint density at radius 2 is 1.49 bits per heavy atom. The maximum absolute atomic E-state index is 7.48. The van der Waals surface area contributed by atoms with Gasteiger partial charge in [-0.25, -0.2) is 0 Å². The van der Waals surface area contributed by atoms with Crippen molar-refractivity contribution in [1.29, 1.82) is 0 Å². The second-order valence-electron chi connectivity index (χ2n) is 11.9. The molecule has 0 aliphatic rings. The highest BCUT2D eigenvalue weighted by molar-refractivity contribution is 6.99. The van der Waals surface area contributed by atoms with Crippen molar-refractivity contribution < 1.29 is 13.9 Å². The zero-order valence-corrected chi connectivity index (χ0v) is 26.7. The summed E-state index contributed by atoms with van der Waals surface area (Å²) in [4.78, 5) is 0. The number of hydrogen-bond donors (Lipinski definition) is 1. The maximum atomic E-state index is 7.48. The minimum absolute atomic E-state index is 0.0578. The summed E-state index contributed by atoms with van der Waals surface area (Å²) in [5.74, 6) is 1.36. The van der Waals surface area contributed by atoms with Gasteiger partial charge in [0.2, 0.25) is 0 Å². The van der Waals surface area contributed by atoms with E-state index in [0.29, 0.717) is 11.4 Å². The van der Waals surface area contributed by atoms with Crippen molar-refractivity contribution >= 4 is 24.4 Å². The van der Waals surface area contributed by atoms with Gasteiger partial charge in [-0.2, -0.15) is 0 Å². The Hall–Kier alpha value is -3.28. The molecule has 0 heterocycles. The highest BCUT2D eigenvalue weighted by atomic mass is 28.4. The molecular formula is C36H49NO3Si. The molecule has 0 bridgehead atoms. The molecule has 41 heavy (non-hydrogen) atoms. The van der Waals surface area contributed by atoms with Gasteiger partial charge in [0.05, 0.1) is 12.8 Å². The lowest BCUT2D eigenvalue weighted by atomic mass is 10.0. The van der Waals surface area contributed by atoms with Crippen LogP contribution in [0.5, 0.6) is 11.5 Å². The van der Waals surface area contributed by atoms with E-state index in [0.717, 1.165) is 49.8 Å². The normalized spacial score (nSPS) is 13.3. The van der Waals surface area contributed by atoms with E-state index in [4.69, 9.17) is 19.6 Å². The topological polar surface area (TPSA) is 53.7 Å². The third kappa shape index (κ3) is 8.37. The Kier molecular flexibility index (Phi) is 11.9. The van der Waals surface area contributed by atoms with Crippen LogP contribution in [-0.4, -0.2) is 27.6 Å². The summed E-state index contributed by atoms with van der Waals surface area (Å²) in [5, 5.41) is 2.57. The standard InChI is InChI=1S/C36H49NO3Si/c1-8-9-18-29(19-16-17-24-34(28(2)3)39-35-27-30(38-7)25-26-33(35)37)40-41(36(4,5)6,31-20-12-10-13-21-31)32-22-14-11-15-23-32/h8,10-15,20-23,25-27,29,34H,1-2,9,16-19,24,37H2,3-7H3. The number of methoxy groups -OCH3 is 1. The lowest BCUT2D eigenvalue weighted by Crippen LogP contribution is -2.67. The average Bonchev–Trinajstić information content (AvgIpc) is 2.96. The first-order valence-corrected chi connectivity index (χ1v) is 16.7. The van der Waals surface area contributed by atoms with E-state index in [-0.39, 0.29) is 17.2 Å². The minimum Gasteiger partial charge on any atom is -0.497 e. The number of ether oxygens (including phenoxy) is 2. The predicted octanol–water partition coefficient (Wildman–Crippen LogP) is 8.07. The highest BCUT2D eigenvalue weighted by Gasteiger charge is 2.51. The van der Waals surface area contributed by atoms with Crippen LogP contribution in [0.15, 0.2) is 104 Å². The number of unbranched alkanes of at least 4 members (excludes halogenated alkanes) is 1. The van der Waals surface area contributed by atoms with Crippen LogP contribution in [0, 0.1) is 0 Å². The largest absolute Gasteiger partial charge is 0.497 e. The molecule has 0 aliphatic carbocycles. The Labute approximate surface area is 249 Å². The Morgan fingerprint density at radius 3 is 2.00 bits per heavy atom. The first kappa shape index (κ1) is 32.2. The van der Waals surface area contributed by atoms with Crippen LogP contribution in [0.3, 0.4) is 0 Å². The van der Waals surface area contributed by atoms with Crippen molar-refractivity contribution in [3.8, 4) is 11.5 Å². The van der Waals surface area contributed by atoms with E-state index in [2.05, 4.69) is 94.6 Å². The third-order valence-corrected chi connectivity index (χ3v) is 12.8. The van der Waals surface area contributed by atoms with Gasteiger partial charge in [0.25, 0.3) is 8.32 Å². The monoisotopic (exact) mass is 571 g/mol. The minimum atomic E-state index is -2.63. The fourth-order valence-electron chi connectivity index (χ4n) is 5.51. The number of nitrogens with two attached hydrogens (primary N) is 1. The molecule has 2 unspecified atom stereocenters. The fourth-order valence-corrected chi connectivity index (χ4v) is 10.3. The summed E-state index contributed by atoms with van der Waals surface area (Å²) in [6.45, 7) is 17.2. The van der Waals surface area contributed by atoms with Gasteiger partial charge in [0.15, 0.2) is 0 Å². The Bertz CT molecular complexity index is 1200. The number of nitrogen functional groups attached to an aromatic ring is 1. The van der Waals surface area contributed by atoms with Crippen LogP contribution in [0.4, 0.5) is 5.69 Å². The molecule has 220 valence electrons. The molecule has 2 atom stereocenters. The zero-order chi connectivity index (χ0) is 29.9. The zero-order valence-electron chi connectivity index (χ0n) is 25.7. The highest BCUT2D eigenvalue weighted by Crippen LogP contribution is 2.38. The SMILES string of the molecule is C=CCCC(CCCCC(Oc1cc(OC)ccc1N)C(=C)C)O[Si](c1ccccc1)(c1ccccc1)C(C)(C)C. The number of benzene rings is 3. The molecule has 5 heteroatoms. The van der Waals surface area contributed by atoms with E-state index in [1.165, 1.54) is 10.4 Å². The number of hydrogen-bond acceptors (Lipinski definition) is 4. The molecule has 0 fully saturated rings. The van der Waals surface area contributed by atoms with Gasteiger partial charge in [0, 0.05) is 12.2 Å². The molecule has 3 aromatic carbocycles. The number of allylic oxidation sites excluding steroid dienone is 1. The molecule has 3 rings (SSSR count). The van der Waals surface area contributed by atoms with Gasteiger partial charge in [-0.15, -0.1) is 6.58 Å². The second kappa shape index (κ2) is 15.1. The first-order chi connectivity index (χ1) is 19.6. The maximum Gasteiger partial charge on any atom is 0.261 e. The third-order valence-electron chi connectivity index (χ3n) is 7.74. The van der Waals surface area contributed by atoms with Gasteiger partial charge in [0.1, 0.15) is 17.6 Å². The second-order valence-corrected chi connectivity index (χ2v) is 16.2. The van der Waals surface area contributed by atoms with Crippen LogP contribution in [-0.2, 0) is 4.43 Å². The van der Waals surface area contributed by atoms with Crippen molar-refractivity contribution in [2.75, 3.05) is 12.8 Å². The summed E-state index contributed by atoms with van der Waals surface area (Å²) < 4.78 is 19.2. The molecular weight excluding hydrogens is 522 g/mol. The van der Waals surface area contributed by atoms with Crippen molar-refractivity contribution in [3.05, 3.63) is 104 Å². The van der Waals surface area contributed by atoms with E-state index in [9.17, 15) is 0 Å². The lowest BCUT2D eigenvalue weighted by Gasteiger charge is -2.45. The van der Waals surface area contributed by atoms with Crippen molar-refractivity contribution in [2.24, 2.45) is 0 Å². The van der Waals surface area contributed by atoms with E-state index < -0.39 is 8.32 Å². The molecule has 3 aromatic rings. The summed E-state index contributed by atoms with van der Waals surface area (Å²) in [6.07, 6.45) is 7.75. The molecule has 0 saturated heterocycles. The van der Waals surface area contributed by atoms with Crippen LogP contribution >= 0.6 is 0 Å². The number of anilines is 1. The Balaban J connectivity index is 1.79. The van der Waals surface area contributed by atoms with Crippen LogP contribution < -0.4 is 25.6 Å². The van der Waals surface area contributed by atoms with Crippen LogP contribution in [0.25, 0.3) is 0 Å². The summed E-state index contributed by atoms with van der Waals surface area (Å²) in [6, 6.07) is 27.3. The van der Waals surface area contributed by atoms with Crippen LogP contribution in [0.2, 0.25) is 5.04 Å². The quantitative estimate of drug-likeness (QED) is 0.0817. The van der Waals surface area contributed by atoms with Gasteiger partial charge >= 0.3 is 0 Å². The molecule has 0 spiro atoms. The summed E-state index contributed by atoms with van der Waals surface area (Å²) in [7, 11) is -0.985. The van der Waals surface area contributed by atoms with E-state index in [1.807, 2.05) is 31.2 Å². The van der Waals surface area contributed by atoms with Gasteiger partial charge in [-0.05, 0) is 72.1 Å². The van der Waals surface area contributed by atoms with Crippen LogP contribution in [0.1, 0.15) is 66.2 Å². The van der Waals surface area contributed by atoms with Crippen molar-refractivity contribution in [2.45, 2.75) is 83.5 Å². The molecule has 0 amide bonds. The van der Waals surface area contributed by atoms with Crippen molar-refractivity contribution in [1.82, 2.24) is 0 Å². The number of rotatable bonds is 16. The van der Waals surface area contributed by atoms with Gasteiger partial charge in [-0.3, -0.25) is 0 Å². The molecule has 0 aliphatic heterocycles. The molecule has 0 radical (unpaired) electrons. The van der Waals surface area contributed by atoms with Crippen molar-refractivity contribution in [3.63, 3.8) is 0 Å². The molecule has 4 nitrogen and oxygen atoms in total. The van der Waals surface area contributed by atoms with Gasteiger partial charge < -0.3 is 19.6 Å². The lowest BCUT2D eigenvalue weighted by molar-refractivity contribution is 0.161. The molecule has 0 saturated carbocycles. The van der Waals surface area contributed by atoms with E-state index >= 15 is 0 Å². The average molecular weight is 572 g/mol. The first-order valence-electron chi connectivity index (χ1n) is 14.8.